The van der Waals surface area contributed by atoms with E-state index < -0.39 is 0 Å². The molecule has 0 unspecified atom stereocenters. The maximum atomic E-state index is 2.54. The normalized spacial score (nSPS) is 14.8. The van der Waals surface area contributed by atoms with Gasteiger partial charge in [-0.15, -0.1) is 0 Å². The van der Waals surface area contributed by atoms with Crippen molar-refractivity contribution in [2.75, 3.05) is 0 Å². The van der Waals surface area contributed by atoms with Crippen molar-refractivity contribution in [2.24, 2.45) is 0 Å². The number of nitrogens with zero attached hydrogens (tertiary/aromatic N) is 2. The second kappa shape index (κ2) is 10.9. The number of aromatic nitrogens is 2. The molecule has 11 aromatic rings. The monoisotopic (exact) mass is 740 g/mol. The minimum absolute atomic E-state index is 0.114. The van der Waals surface area contributed by atoms with Crippen LogP contribution in [-0.2, 0) is 10.8 Å². The van der Waals surface area contributed by atoms with Crippen molar-refractivity contribution in [3.05, 3.63) is 192 Å². The Bertz CT molecular complexity index is 3380. The van der Waals surface area contributed by atoms with Crippen LogP contribution in [0.2, 0.25) is 0 Å². The van der Waals surface area contributed by atoms with Crippen molar-refractivity contribution in [3.8, 4) is 33.6 Å². The highest BCUT2D eigenvalue weighted by Crippen LogP contribution is 2.52. The van der Waals surface area contributed by atoms with E-state index in [1.54, 1.807) is 0 Å². The zero-order valence-electron chi connectivity index (χ0n) is 33.1. The molecule has 0 bridgehead atoms. The van der Waals surface area contributed by atoms with Crippen LogP contribution in [0.25, 0.3) is 98.8 Å². The number of fused-ring (bicyclic) bond motifs is 10. The van der Waals surface area contributed by atoms with Crippen molar-refractivity contribution < 1.29 is 0 Å². The van der Waals surface area contributed by atoms with Gasteiger partial charge in [-0.05, 0) is 91.7 Å². The van der Waals surface area contributed by atoms with E-state index in [0.717, 1.165) is 0 Å². The zero-order chi connectivity index (χ0) is 38.7. The fourth-order valence-corrected chi connectivity index (χ4v) is 11.4. The standard InChI is InChI=1S/C56H40N2/c1-55(2)43-21-9-5-15-33(43)37-27-29-49(39-19-13-23-45(55)53(37)39)57-47-25-11-7-17-35(47)41-32-52-42(31-51(41)57)36-18-8-12-26-48(36)58(52)50-30-28-38-34-16-6-10-22-44(34)56(3,4)46-24-14-20-40(50)54(38)46/h5-32H,1-4H3. The van der Waals surface area contributed by atoms with Crippen LogP contribution in [0, 0.1) is 0 Å². The molecule has 0 amide bonds. The van der Waals surface area contributed by atoms with Gasteiger partial charge in [-0.3, -0.25) is 0 Å². The van der Waals surface area contributed by atoms with Crippen LogP contribution in [-0.4, -0.2) is 9.13 Å². The van der Waals surface area contributed by atoms with Crippen LogP contribution in [0.1, 0.15) is 49.9 Å². The molecule has 2 heteroatoms. The Balaban J connectivity index is 1.13. The molecular formula is C56H40N2. The molecule has 2 aliphatic carbocycles. The van der Waals surface area contributed by atoms with Crippen molar-refractivity contribution >= 4 is 65.2 Å². The summed E-state index contributed by atoms with van der Waals surface area (Å²) in [6.07, 6.45) is 0. The average molecular weight is 741 g/mol. The van der Waals surface area contributed by atoms with Gasteiger partial charge >= 0.3 is 0 Å². The highest BCUT2D eigenvalue weighted by molar-refractivity contribution is 6.21. The Hall–Kier alpha value is -6.90. The second-order valence-corrected chi connectivity index (χ2v) is 17.7. The third-order valence-corrected chi connectivity index (χ3v) is 14.1. The Morgan fingerprint density at radius 2 is 0.672 bits per heavy atom. The fraction of sp³-hybridized carbons (Fsp3) is 0.107. The molecule has 0 saturated carbocycles. The number of hydrogen-bond acceptors (Lipinski definition) is 0. The smallest absolute Gasteiger partial charge is 0.0549 e. The van der Waals surface area contributed by atoms with Gasteiger partial charge in [-0.2, -0.15) is 0 Å². The minimum Gasteiger partial charge on any atom is -0.309 e. The molecule has 0 saturated heterocycles. The molecule has 2 aromatic heterocycles. The molecule has 0 atom stereocenters. The van der Waals surface area contributed by atoms with E-state index in [2.05, 4.69) is 207 Å². The number of hydrogen-bond donors (Lipinski definition) is 0. The molecule has 0 aliphatic heterocycles. The van der Waals surface area contributed by atoms with Crippen molar-refractivity contribution in [2.45, 2.75) is 38.5 Å². The molecule has 58 heavy (non-hydrogen) atoms. The predicted molar refractivity (Wildman–Crippen MR) is 245 cm³/mol. The summed E-state index contributed by atoms with van der Waals surface area (Å²) in [6, 6.07) is 64.2. The summed E-state index contributed by atoms with van der Waals surface area (Å²) in [5.41, 5.74) is 18.0. The third kappa shape index (κ3) is 3.88. The van der Waals surface area contributed by atoms with Gasteiger partial charge in [0.25, 0.3) is 0 Å². The van der Waals surface area contributed by atoms with E-state index in [1.165, 1.54) is 121 Å². The molecule has 9 aromatic carbocycles. The first-order chi connectivity index (χ1) is 28.3. The molecule has 2 nitrogen and oxygen atoms in total. The number of benzene rings is 9. The van der Waals surface area contributed by atoms with E-state index >= 15 is 0 Å². The Labute approximate surface area is 337 Å². The summed E-state index contributed by atoms with van der Waals surface area (Å²) < 4.78 is 5.07. The predicted octanol–water partition coefficient (Wildman–Crippen LogP) is 14.8. The van der Waals surface area contributed by atoms with E-state index in [9.17, 15) is 0 Å². The van der Waals surface area contributed by atoms with Crippen LogP contribution in [0.5, 0.6) is 0 Å². The Morgan fingerprint density at radius 1 is 0.293 bits per heavy atom. The largest absolute Gasteiger partial charge is 0.309 e. The van der Waals surface area contributed by atoms with E-state index in [0.29, 0.717) is 0 Å². The molecule has 0 spiro atoms. The van der Waals surface area contributed by atoms with Crippen molar-refractivity contribution in [1.82, 2.24) is 9.13 Å². The van der Waals surface area contributed by atoms with E-state index in [4.69, 9.17) is 0 Å². The van der Waals surface area contributed by atoms with Crippen LogP contribution in [0.15, 0.2) is 170 Å². The van der Waals surface area contributed by atoms with Gasteiger partial charge in [0.2, 0.25) is 0 Å². The highest BCUT2D eigenvalue weighted by atomic mass is 15.0. The van der Waals surface area contributed by atoms with E-state index in [1.807, 2.05) is 0 Å². The van der Waals surface area contributed by atoms with Gasteiger partial charge in [0.1, 0.15) is 0 Å². The van der Waals surface area contributed by atoms with Gasteiger partial charge < -0.3 is 9.13 Å². The highest BCUT2D eigenvalue weighted by Gasteiger charge is 2.35. The molecule has 0 fully saturated rings. The Morgan fingerprint density at radius 3 is 1.14 bits per heavy atom. The van der Waals surface area contributed by atoms with E-state index in [-0.39, 0.29) is 10.8 Å². The summed E-state index contributed by atoms with van der Waals surface area (Å²) in [7, 11) is 0. The van der Waals surface area contributed by atoms with Gasteiger partial charge in [-0.1, -0.05) is 161 Å². The van der Waals surface area contributed by atoms with Gasteiger partial charge in [-0.25, -0.2) is 0 Å². The quantitative estimate of drug-likeness (QED) is 0.167. The molecule has 0 N–H and O–H groups in total. The molecule has 2 heterocycles. The van der Waals surface area contributed by atoms with Crippen LogP contribution in [0.4, 0.5) is 0 Å². The second-order valence-electron chi connectivity index (χ2n) is 17.7. The summed E-state index contributed by atoms with van der Waals surface area (Å²) in [6.45, 7) is 9.53. The topological polar surface area (TPSA) is 9.86 Å². The lowest BCUT2D eigenvalue weighted by Crippen LogP contribution is -2.23. The van der Waals surface area contributed by atoms with Crippen molar-refractivity contribution in [3.63, 3.8) is 0 Å². The average Bonchev–Trinajstić information content (AvgIpc) is 3.75. The van der Waals surface area contributed by atoms with Crippen molar-refractivity contribution in [1.29, 1.82) is 0 Å². The maximum Gasteiger partial charge on any atom is 0.0549 e. The number of para-hydroxylation sites is 2. The zero-order valence-corrected chi connectivity index (χ0v) is 33.1. The Kier molecular flexibility index (Phi) is 6.07. The van der Waals surface area contributed by atoms with Gasteiger partial charge in [0.15, 0.2) is 0 Å². The van der Waals surface area contributed by atoms with Gasteiger partial charge in [0.05, 0.1) is 33.4 Å². The summed E-state index contributed by atoms with van der Waals surface area (Å²) >= 11 is 0. The maximum absolute atomic E-state index is 2.54. The SMILES string of the molecule is CC1(C)c2ccccc2-c2ccc(-n3c4ccccc4c4cc5c(cc43)c3ccccc3n5-c3ccc4c5c(cccc35)C(C)(C)c3ccccc3-4)c3cccc1c23. The third-order valence-electron chi connectivity index (χ3n) is 14.1. The van der Waals surface area contributed by atoms with Crippen LogP contribution in [0.3, 0.4) is 0 Å². The summed E-state index contributed by atoms with van der Waals surface area (Å²) in [4.78, 5) is 0. The summed E-state index contributed by atoms with van der Waals surface area (Å²) in [5.74, 6) is 0. The lowest BCUT2D eigenvalue weighted by atomic mass is 9.68. The number of rotatable bonds is 2. The first-order valence-electron chi connectivity index (χ1n) is 20.6. The lowest BCUT2D eigenvalue weighted by molar-refractivity contribution is 0.645. The molecule has 0 radical (unpaired) electrons. The fourth-order valence-electron chi connectivity index (χ4n) is 11.4. The first-order valence-corrected chi connectivity index (χ1v) is 20.6. The van der Waals surface area contributed by atoms with Crippen LogP contribution >= 0.6 is 0 Å². The molecular weight excluding hydrogens is 701 g/mol. The molecule has 274 valence electrons. The minimum atomic E-state index is -0.114. The van der Waals surface area contributed by atoms with Crippen LogP contribution < -0.4 is 0 Å². The van der Waals surface area contributed by atoms with Gasteiger partial charge in [0, 0.05) is 43.1 Å². The molecule has 13 rings (SSSR count). The molecule has 2 aliphatic rings. The lowest BCUT2D eigenvalue weighted by Gasteiger charge is -2.35. The first kappa shape index (κ1) is 32.2. The summed E-state index contributed by atoms with van der Waals surface area (Å²) in [5, 5.41) is 10.3.